The highest BCUT2D eigenvalue weighted by Gasteiger charge is 2.40. The van der Waals surface area contributed by atoms with Gasteiger partial charge in [0.25, 0.3) is 0 Å². The maximum absolute atomic E-state index is 6.27. The fourth-order valence-corrected chi connectivity index (χ4v) is 3.10. The number of pyridine rings is 1. The van der Waals surface area contributed by atoms with E-state index in [0.29, 0.717) is 11.7 Å². The molecule has 0 bridgehead atoms. The van der Waals surface area contributed by atoms with Crippen molar-refractivity contribution in [2.45, 2.75) is 44.1 Å². The number of aromatic nitrogens is 3. The molecule has 2 atom stereocenters. The van der Waals surface area contributed by atoms with Crippen molar-refractivity contribution in [3.8, 4) is 11.4 Å². The lowest BCUT2D eigenvalue weighted by Gasteiger charge is -2.35. The van der Waals surface area contributed by atoms with Crippen LogP contribution in [-0.4, -0.2) is 21.2 Å². The van der Waals surface area contributed by atoms with E-state index < -0.39 is 0 Å². The lowest BCUT2D eigenvalue weighted by atomic mass is 9.72. The molecule has 0 amide bonds. The minimum absolute atomic E-state index is 0.0742. The highest BCUT2D eigenvalue weighted by atomic mass is 79.9. The van der Waals surface area contributed by atoms with E-state index in [-0.39, 0.29) is 11.5 Å². The normalized spacial score (nSPS) is 26.6. The van der Waals surface area contributed by atoms with Crippen LogP contribution in [0, 0.1) is 0 Å². The Morgan fingerprint density at radius 3 is 3.00 bits per heavy atom. The van der Waals surface area contributed by atoms with Crippen molar-refractivity contribution < 1.29 is 4.52 Å². The van der Waals surface area contributed by atoms with Gasteiger partial charge in [-0.2, -0.15) is 4.98 Å². The minimum atomic E-state index is -0.219. The quantitative estimate of drug-likeness (QED) is 0.911. The first kappa shape index (κ1) is 13.7. The third-order valence-corrected chi connectivity index (χ3v) is 4.59. The second-order valence-electron chi connectivity index (χ2n) is 5.58. The van der Waals surface area contributed by atoms with E-state index in [1.54, 1.807) is 12.4 Å². The Labute approximate surface area is 126 Å². The summed E-state index contributed by atoms with van der Waals surface area (Å²) in [7, 11) is 0. The minimum Gasteiger partial charge on any atom is -0.338 e. The molecular weight excluding hydrogens is 320 g/mol. The van der Waals surface area contributed by atoms with E-state index in [1.165, 1.54) is 6.42 Å². The highest BCUT2D eigenvalue weighted by Crippen LogP contribution is 2.38. The number of halogens is 1. The first-order chi connectivity index (χ1) is 9.59. The van der Waals surface area contributed by atoms with Crippen molar-refractivity contribution in [3.63, 3.8) is 0 Å². The molecule has 2 heterocycles. The molecule has 2 aromatic rings. The molecule has 5 nitrogen and oxygen atoms in total. The van der Waals surface area contributed by atoms with Gasteiger partial charge in [0.05, 0.1) is 5.41 Å². The van der Waals surface area contributed by atoms with Crippen molar-refractivity contribution in [2.75, 3.05) is 0 Å². The molecule has 20 heavy (non-hydrogen) atoms. The predicted molar refractivity (Wildman–Crippen MR) is 79.0 cm³/mol. The summed E-state index contributed by atoms with van der Waals surface area (Å²) in [5.74, 6) is 1.20. The van der Waals surface area contributed by atoms with Crippen LogP contribution in [0.2, 0.25) is 0 Å². The zero-order valence-electron chi connectivity index (χ0n) is 11.3. The molecule has 2 N–H and O–H groups in total. The Morgan fingerprint density at radius 1 is 1.40 bits per heavy atom. The molecule has 0 aliphatic heterocycles. The molecule has 106 valence electrons. The fraction of sp³-hybridized carbons (Fsp3) is 0.500. The summed E-state index contributed by atoms with van der Waals surface area (Å²) < 4.78 is 6.38. The third kappa shape index (κ3) is 2.38. The number of nitrogens with two attached hydrogens (primary N) is 1. The largest absolute Gasteiger partial charge is 0.338 e. The van der Waals surface area contributed by atoms with Crippen LogP contribution in [0.25, 0.3) is 11.4 Å². The Morgan fingerprint density at radius 2 is 2.25 bits per heavy atom. The lowest BCUT2D eigenvalue weighted by Crippen LogP contribution is -2.45. The van der Waals surface area contributed by atoms with E-state index in [1.807, 2.05) is 6.07 Å². The van der Waals surface area contributed by atoms with Crippen LogP contribution in [0.15, 0.2) is 27.5 Å². The van der Waals surface area contributed by atoms with E-state index >= 15 is 0 Å². The summed E-state index contributed by atoms with van der Waals surface area (Å²) in [4.78, 5) is 8.67. The molecule has 1 fully saturated rings. The molecule has 2 aromatic heterocycles. The van der Waals surface area contributed by atoms with Gasteiger partial charge in [0, 0.05) is 28.5 Å². The smallest absolute Gasteiger partial charge is 0.234 e. The topological polar surface area (TPSA) is 77.8 Å². The van der Waals surface area contributed by atoms with E-state index in [9.17, 15) is 0 Å². The molecule has 2 unspecified atom stereocenters. The van der Waals surface area contributed by atoms with Crippen molar-refractivity contribution in [1.29, 1.82) is 0 Å². The van der Waals surface area contributed by atoms with Crippen LogP contribution < -0.4 is 5.73 Å². The van der Waals surface area contributed by atoms with Gasteiger partial charge in [-0.05, 0) is 41.8 Å². The summed E-state index contributed by atoms with van der Waals surface area (Å²) in [6.07, 6.45) is 7.78. The van der Waals surface area contributed by atoms with Crippen molar-refractivity contribution >= 4 is 15.9 Å². The molecule has 0 saturated heterocycles. The van der Waals surface area contributed by atoms with Gasteiger partial charge in [-0.15, -0.1) is 0 Å². The van der Waals surface area contributed by atoms with Crippen LogP contribution in [0.1, 0.15) is 38.5 Å². The van der Waals surface area contributed by atoms with Crippen LogP contribution in [-0.2, 0) is 5.41 Å². The van der Waals surface area contributed by atoms with Gasteiger partial charge in [-0.25, -0.2) is 0 Å². The Kier molecular flexibility index (Phi) is 3.60. The van der Waals surface area contributed by atoms with E-state index in [2.05, 4.69) is 38.0 Å². The maximum atomic E-state index is 6.27. The van der Waals surface area contributed by atoms with Gasteiger partial charge in [-0.1, -0.05) is 18.0 Å². The van der Waals surface area contributed by atoms with E-state index in [0.717, 1.165) is 29.3 Å². The molecule has 0 spiro atoms. The summed E-state index contributed by atoms with van der Waals surface area (Å²) in [5.41, 5.74) is 6.89. The van der Waals surface area contributed by atoms with Gasteiger partial charge in [0.15, 0.2) is 0 Å². The van der Waals surface area contributed by atoms with E-state index in [4.69, 9.17) is 10.3 Å². The molecule has 1 saturated carbocycles. The number of hydrogen-bond donors (Lipinski definition) is 1. The molecule has 1 aliphatic rings. The predicted octanol–water partition coefficient (Wildman–Crippen LogP) is 3.05. The lowest BCUT2D eigenvalue weighted by molar-refractivity contribution is 0.203. The Balaban J connectivity index is 1.94. The number of rotatable bonds is 2. The second-order valence-corrected chi connectivity index (χ2v) is 6.50. The fourth-order valence-electron chi connectivity index (χ4n) is 2.73. The van der Waals surface area contributed by atoms with Crippen LogP contribution in [0.4, 0.5) is 0 Å². The van der Waals surface area contributed by atoms with Crippen LogP contribution in [0.3, 0.4) is 0 Å². The summed E-state index contributed by atoms with van der Waals surface area (Å²) >= 11 is 3.39. The zero-order valence-corrected chi connectivity index (χ0v) is 12.9. The third-order valence-electron chi connectivity index (χ3n) is 4.16. The van der Waals surface area contributed by atoms with Gasteiger partial charge >= 0.3 is 0 Å². The van der Waals surface area contributed by atoms with Crippen molar-refractivity contribution in [2.24, 2.45) is 5.73 Å². The number of hydrogen-bond acceptors (Lipinski definition) is 5. The maximum Gasteiger partial charge on any atom is 0.234 e. The molecule has 0 aromatic carbocycles. The van der Waals surface area contributed by atoms with Gasteiger partial charge in [0.1, 0.15) is 0 Å². The highest BCUT2D eigenvalue weighted by molar-refractivity contribution is 9.10. The average molecular weight is 337 g/mol. The van der Waals surface area contributed by atoms with Gasteiger partial charge in [0.2, 0.25) is 11.7 Å². The van der Waals surface area contributed by atoms with Crippen molar-refractivity contribution in [1.82, 2.24) is 15.1 Å². The number of nitrogens with zero attached hydrogens (tertiary/aromatic N) is 3. The molecule has 1 aliphatic carbocycles. The summed E-state index contributed by atoms with van der Waals surface area (Å²) in [6.45, 7) is 2.12. The second kappa shape index (κ2) is 5.26. The first-order valence-corrected chi connectivity index (χ1v) is 7.59. The summed E-state index contributed by atoms with van der Waals surface area (Å²) in [6, 6.07) is 2.00. The monoisotopic (exact) mass is 336 g/mol. The molecule has 3 rings (SSSR count). The van der Waals surface area contributed by atoms with Crippen LogP contribution >= 0.6 is 15.9 Å². The SMILES string of the molecule is CC1(c2nc(-c3cncc(Br)c3)no2)CCCCC1N. The molecule has 6 heteroatoms. The average Bonchev–Trinajstić information content (AvgIpc) is 2.93. The molecular formula is C14H17BrN4O. The van der Waals surface area contributed by atoms with Crippen molar-refractivity contribution in [3.05, 3.63) is 28.8 Å². The molecule has 0 radical (unpaired) electrons. The van der Waals surface area contributed by atoms with Gasteiger partial charge in [-0.3, -0.25) is 4.98 Å². The summed E-state index contributed by atoms with van der Waals surface area (Å²) in [5, 5.41) is 4.08. The Hall–Kier alpha value is -1.27. The first-order valence-electron chi connectivity index (χ1n) is 6.80. The Bertz CT molecular complexity index is 615. The van der Waals surface area contributed by atoms with Gasteiger partial charge < -0.3 is 10.3 Å². The zero-order chi connectivity index (χ0) is 14.2. The standard InChI is InChI=1S/C14H17BrN4O/c1-14(5-3-2-4-11(14)16)13-18-12(19-20-13)9-6-10(15)8-17-7-9/h6-8,11H,2-5,16H2,1H3. The van der Waals surface area contributed by atoms with Crippen LogP contribution in [0.5, 0.6) is 0 Å².